The van der Waals surface area contributed by atoms with Gasteiger partial charge in [0.15, 0.2) is 0 Å². The van der Waals surface area contributed by atoms with Gasteiger partial charge in [-0.3, -0.25) is 0 Å². The predicted octanol–water partition coefficient (Wildman–Crippen LogP) is 2.77. The van der Waals surface area contributed by atoms with Crippen LogP contribution in [0.5, 0.6) is 5.88 Å². The van der Waals surface area contributed by atoms with Crippen LogP contribution in [0.2, 0.25) is 0 Å². The van der Waals surface area contributed by atoms with E-state index in [1.165, 1.54) is 0 Å². The molecule has 0 saturated carbocycles. The number of anilines is 1. The van der Waals surface area contributed by atoms with Gasteiger partial charge in [-0.2, -0.15) is 4.98 Å². The van der Waals surface area contributed by atoms with Crippen molar-refractivity contribution >= 4 is 5.82 Å². The van der Waals surface area contributed by atoms with Crippen molar-refractivity contribution in [2.45, 2.75) is 33.3 Å². The lowest BCUT2D eigenvalue weighted by Crippen LogP contribution is -2.14. The van der Waals surface area contributed by atoms with Crippen LogP contribution in [-0.4, -0.2) is 9.97 Å². The fourth-order valence-electron chi connectivity index (χ4n) is 1.91. The van der Waals surface area contributed by atoms with E-state index in [1.54, 1.807) is 0 Å². The number of nitrogens with zero attached hydrogens (tertiary/aromatic N) is 2. The van der Waals surface area contributed by atoms with Crippen LogP contribution in [-0.2, 0) is 6.42 Å². The van der Waals surface area contributed by atoms with Gasteiger partial charge in [0.25, 0.3) is 0 Å². The number of nitrogens with two attached hydrogens (primary N) is 1. The molecule has 0 spiro atoms. The number of hydrogen-bond donors (Lipinski definition) is 2. The Morgan fingerprint density at radius 2 is 1.95 bits per heavy atom. The topological polar surface area (TPSA) is 73.1 Å². The van der Waals surface area contributed by atoms with Crippen LogP contribution in [0.4, 0.5) is 5.82 Å². The minimum Gasteiger partial charge on any atom is -0.469 e. The molecule has 0 saturated heterocycles. The fraction of sp³-hybridized carbons (Fsp3) is 0.333. The normalized spacial score (nSPS) is 12.0. The van der Waals surface area contributed by atoms with Crippen LogP contribution in [0.15, 0.2) is 30.3 Å². The Hall–Kier alpha value is -2.14. The molecule has 1 unspecified atom stereocenters. The zero-order chi connectivity index (χ0) is 14.5. The maximum absolute atomic E-state index is 5.97. The maximum atomic E-state index is 5.97. The van der Waals surface area contributed by atoms with Crippen LogP contribution < -0.4 is 16.0 Å². The standard InChI is InChI=1S/C15H20N4O/c1-4-13-17-14(19-16)10(2)15(18-13)20-11(3)12-8-6-5-7-9-12/h5-9,11H,4,16H2,1-3H3,(H,17,18,19). The first kappa shape index (κ1) is 14.3. The van der Waals surface area contributed by atoms with Crippen molar-refractivity contribution < 1.29 is 4.74 Å². The first-order valence-electron chi connectivity index (χ1n) is 6.71. The number of aryl methyl sites for hydroxylation is 1. The van der Waals surface area contributed by atoms with E-state index in [2.05, 4.69) is 15.4 Å². The molecule has 5 heteroatoms. The van der Waals surface area contributed by atoms with Crippen LogP contribution in [0.25, 0.3) is 0 Å². The van der Waals surface area contributed by atoms with Gasteiger partial charge in [0.1, 0.15) is 17.7 Å². The molecule has 106 valence electrons. The molecule has 0 aliphatic carbocycles. The molecular formula is C15H20N4O. The number of benzene rings is 1. The second-order valence-corrected chi connectivity index (χ2v) is 4.59. The SMILES string of the molecule is CCc1nc(NN)c(C)c(OC(C)c2ccccc2)n1. The molecule has 0 radical (unpaired) electrons. The number of hydrogen-bond acceptors (Lipinski definition) is 5. The molecule has 0 aliphatic heterocycles. The van der Waals surface area contributed by atoms with E-state index >= 15 is 0 Å². The number of rotatable bonds is 5. The molecule has 1 heterocycles. The Balaban J connectivity index is 2.28. The second kappa shape index (κ2) is 6.34. The predicted molar refractivity (Wildman–Crippen MR) is 79.4 cm³/mol. The molecule has 0 amide bonds. The van der Waals surface area contributed by atoms with Crippen LogP contribution in [0, 0.1) is 6.92 Å². The molecule has 2 aromatic rings. The Labute approximate surface area is 119 Å². The Kier molecular flexibility index (Phi) is 4.53. The molecule has 5 nitrogen and oxygen atoms in total. The maximum Gasteiger partial charge on any atom is 0.222 e. The Bertz CT molecular complexity index is 572. The van der Waals surface area contributed by atoms with Gasteiger partial charge in [-0.15, -0.1) is 0 Å². The van der Waals surface area contributed by atoms with E-state index < -0.39 is 0 Å². The fourth-order valence-corrected chi connectivity index (χ4v) is 1.91. The van der Waals surface area contributed by atoms with Crippen molar-refractivity contribution in [2.24, 2.45) is 5.84 Å². The molecule has 3 N–H and O–H groups in total. The van der Waals surface area contributed by atoms with Crippen LogP contribution in [0.3, 0.4) is 0 Å². The number of hydrazine groups is 1. The van der Waals surface area contributed by atoms with E-state index in [0.29, 0.717) is 17.5 Å². The number of nitrogens with one attached hydrogen (secondary N) is 1. The summed E-state index contributed by atoms with van der Waals surface area (Å²) in [6, 6.07) is 10.0. The number of ether oxygens (including phenoxy) is 1. The van der Waals surface area contributed by atoms with Gasteiger partial charge in [0.05, 0.1) is 5.56 Å². The Morgan fingerprint density at radius 1 is 1.25 bits per heavy atom. The second-order valence-electron chi connectivity index (χ2n) is 4.59. The average molecular weight is 272 g/mol. The summed E-state index contributed by atoms with van der Waals surface area (Å²) >= 11 is 0. The lowest BCUT2D eigenvalue weighted by atomic mass is 10.1. The summed E-state index contributed by atoms with van der Waals surface area (Å²) in [7, 11) is 0. The molecule has 1 atom stereocenters. The highest BCUT2D eigenvalue weighted by Crippen LogP contribution is 2.26. The molecule has 20 heavy (non-hydrogen) atoms. The lowest BCUT2D eigenvalue weighted by Gasteiger charge is -2.17. The summed E-state index contributed by atoms with van der Waals surface area (Å²) in [5.41, 5.74) is 4.51. The Morgan fingerprint density at radius 3 is 2.55 bits per heavy atom. The van der Waals surface area contributed by atoms with Gasteiger partial charge in [-0.1, -0.05) is 37.3 Å². The molecule has 1 aromatic carbocycles. The summed E-state index contributed by atoms with van der Waals surface area (Å²) in [5.74, 6) is 7.37. The third kappa shape index (κ3) is 3.05. The van der Waals surface area contributed by atoms with Crippen molar-refractivity contribution in [2.75, 3.05) is 5.43 Å². The van der Waals surface area contributed by atoms with Gasteiger partial charge in [-0.05, 0) is 19.4 Å². The first-order chi connectivity index (χ1) is 9.65. The molecule has 0 bridgehead atoms. The smallest absolute Gasteiger partial charge is 0.222 e. The minimum atomic E-state index is -0.0832. The van der Waals surface area contributed by atoms with Crippen molar-refractivity contribution in [3.63, 3.8) is 0 Å². The summed E-state index contributed by atoms with van der Waals surface area (Å²) in [5, 5.41) is 0. The van der Waals surface area contributed by atoms with Crippen LogP contribution >= 0.6 is 0 Å². The highest BCUT2D eigenvalue weighted by atomic mass is 16.5. The van der Waals surface area contributed by atoms with Crippen molar-refractivity contribution in [1.82, 2.24) is 9.97 Å². The zero-order valence-electron chi connectivity index (χ0n) is 12.1. The summed E-state index contributed by atoms with van der Waals surface area (Å²) in [4.78, 5) is 8.76. The van der Waals surface area contributed by atoms with E-state index in [9.17, 15) is 0 Å². The molecular weight excluding hydrogens is 252 g/mol. The molecule has 0 aliphatic rings. The highest BCUT2D eigenvalue weighted by Gasteiger charge is 2.14. The number of aromatic nitrogens is 2. The largest absolute Gasteiger partial charge is 0.469 e. The van der Waals surface area contributed by atoms with Gasteiger partial charge in [0, 0.05) is 6.42 Å². The molecule has 2 rings (SSSR count). The van der Waals surface area contributed by atoms with Crippen molar-refractivity contribution in [3.05, 3.63) is 47.3 Å². The quantitative estimate of drug-likeness (QED) is 0.646. The van der Waals surface area contributed by atoms with Crippen LogP contribution in [0.1, 0.15) is 36.9 Å². The third-order valence-electron chi connectivity index (χ3n) is 3.16. The van der Waals surface area contributed by atoms with E-state index in [4.69, 9.17) is 10.6 Å². The summed E-state index contributed by atoms with van der Waals surface area (Å²) in [6.07, 6.45) is 0.644. The van der Waals surface area contributed by atoms with E-state index in [-0.39, 0.29) is 6.10 Å². The monoisotopic (exact) mass is 272 g/mol. The van der Waals surface area contributed by atoms with Crippen molar-refractivity contribution in [1.29, 1.82) is 0 Å². The van der Waals surface area contributed by atoms with Gasteiger partial charge >= 0.3 is 0 Å². The highest BCUT2D eigenvalue weighted by molar-refractivity contribution is 5.47. The summed E-state index contributed by atoms with van der Waals surface area (Å²) in [6.45, 7) is 5.88. The van der Waals surface area contributed by atoms with Gasteiger partial charge in [0.2, 0.25) is 5.88 Å². The summed E-state index contributed by atoms with van der Waals surface area (Å²) < 4.78 is 5.97. The van der Waals surface area contributed by atoms with Gasteiger partial charge in [-0.25, -0.2) is 10.8 Å². The minimum absolute atomic E-state index is 0.0832. The first-order valence-corrected chi connectivity index (χ1v) is 6.71. The van der Waals surface area contributed by atoms with Gasteiger partial charge < -0.3 is 10.2 Å². The number of nitrogen functional groups attached to an aromatic ring is 1. The molecule has 0 fully saturated rings. The molecule has 1 aromatic heterocycles. The third-order valence-corrected chi connectivity index (χ3v) is 3.16. The zero-order valence-corrected chi connectivity index (χ0v) is 12.1. The lowest BCUT2D eigenvalue weighted by molar-refractivity contribution is 0.215. The average Bonchev–Trinajstić information content (AvgIpc) is 2.50. The van der Waals surface area contributed by atoms with E-state index in [0.717, 1.165) is 17.5 Å². The van der Waals surface area contributed by atoms with Crippen molar-refractivity contribution in [3.8, 4) is 5.88 Å². The van der Waals surface area contributed by atoms with E-state index in [1.807, 2.05) is 51.1 Å².